The Morgan fingerprint density at radius 2 is 1.91 bits per heavy atom. The van der Waals surface area contributed by atoms with Gasteiger partial charge in [0.05, 0.1) is 5.04 Å². The Balaban J connectivity index is 4.00. The molecule has 0 aromatic carbocycles. The van der Waals surface area contributed by atoms with E-state index >= 15 is 0 Å². The predicted octanol–water partition coefficient (Wildman–Crippen LogP) is 3.60. The van der Waals surface area contributed by atoms with E-state index in [1.54, 1.807) is 11.8 Å². The third-order valence-electron chi connectivity index (χ3n) is 1.13. The zero-order valence-corrected chi connectivity index (χ0v) is 8.40. The number of nitrogens with zero attached hydrogens (tertiary/aromatic N) is 1. The van der Waals surface area contributed by atoms with Crippen LogP contribution < -0.4 is 0 Å². The van der Waals surface area contributed by atoms with Crippen molar-refractivity contribution in [3.63, 3.8) is 0 Å². The third-order valence-corrected chi connectivity index (χ3v) is 1.97. The van der Waals surface area contributed by atoms with Gasteiger partial charge < -0.3 is 0 Å². The van der Waals surface area contributed by atoms with Crippen LogP contribution in [0.2, 0.25) is 0 Å². The Morgan fingerprint density at radius 1 is 1.27 bits per heavy atom. The van der Waals surface area contributed by atoms with E-state index in [1.807, 2.05) is 45.3 Å². The van der Waals surface area contributed by atoms with Crippen LogP contribution in [0, 0.1) is 0 Å². The van der Waals surface area contributed by atoms with Gasteiger partial charge in [-0.25, -0.2) is 0 Å². The molecular weight excluding hydrogens is 154 g/mol. The first-order valence-corrected chi connectivity index (χ1v) is 4.54. The molecule has 0 N–H and O–H groups in total. The summed E-state index contributed by atoms with van der Waals surface area (Å²) < 4.78 is 0. The second kappa shape index (κ2) is 6.23. The van der Waals surface area contributed by atoms with E-state index in [2.05, 4.69) is 4.99 Å². The molecule has 0 amide bonds. The fraction of sp³-hybridized carbons (Fsp3) is 0.444. The van der Waals surface area contributed by atoms with Gasteiger partial charge in [0, 0.05) is 5.70 Å². The molecule has 0 unspecified atom stereocenters. The Bertz CT molecular complexity index is 190. The molecule has 62 valence electrons. The second-order valence-corrected chi connectivity index (χ2v) is 3.25. The minimum atomic E-state index is 1.07. The molecule has 0 aliphatic heterocycles. The van der Waals surface area contributed by atoms with Gasteiger partial charge in [-0.15, -0.1) is 0 Å². The lowest BCUT2D eigenvalue weighted by atomic mass is 10.5. The number of allylic oxidation sites excluding steroid dienone is 3. The fourth-order valence-electron chi connectivity index (χ4n) is 0.506. The van der Waals surface area contributed by atoms with Crippen molar-refractivity contribution < 1.29 is 0 Å². The smallest absolute Gasteiger partial charge is 0.0745 e. The quantitative estimate of drug-likeness (QED) is 0.454. The van der Waals surface area contributed by atoms with E-state index in [-0.39, 0.29) is 0 Å². The van der Waals surface area contributed by atoms with Crippen molar-refractivity contribution in [1.82, 2.24) is 0 Å². The van der Waals surface area contributed by atoms with E-state index in [0.29, 0.717) is 0 Å². The molecule has 0 aromatic heterocycles. The van der Waals surface area contributed by atoms with Gasteiger partial charge >= 0.3 is 0 Å². The van der Waals surface area contributed by atoms with E-state index in [0.717, 1.165) is 10.7 Å². The molecule has 0 atom stereocenters. The van der Waals surface area contributed by atoms with Crippen LogP contribution in [0.3, 0.4) is 0 Å². The maximum Gasteiger partial charge on any atom is 0.0745 e. The van der Waals surface area contributed by atoms with Gasteiger partial charge in [-0.1, -0.05) is 23.9 Å². The Hall–Kier alpha value is -0.500. The highest BCUT2D eigenvalue weighted by atomic mass is 32.2. The van der Waals surface area contributed by atoms with Gasteiger partial charge in [0.15, 0.2) is 0 Å². The molecule has 0 rings (SSSR count). The molecule has 0 aliphatic carbocycles. The van der Waals surface area contributed by atoms with Crippen LogP contribution in [0.5, 0.6) is 0 Å². The zero-order chi connectivity index (χ0) is 8.69. The molecule has 0 heterocycles. The molecular formula is C9H15NS. The maximum atomic E-state index is 4.32. The van der Waals surface area contributed by atoms with Crippen LogP contribution in [0.4, 0.5) is 0 Å². The van der Waals surface area contributed by atoms with Crippen molar-refractivity contribution >= 4 is 16.8 Å². The summed E-state index contributed by atoms with van der Waals surface area (Å²) in [4.78, 5) is 4.32. The van der Waals surface area contributed by atoms with Crippen LogP contribution in [-0.2, 0) is 0 Å². The lowest BCUT2D eigenvalue weighted by Crippen LogP contribution is -1.80. The van der Waals surface area contributed by atoms with Crippen molar-refractivity contribution in [3.05, 3.63) is 23.3 Å². The van der Waals surface area contributed by atoms with Crippen molar-refractivity contribution in [2.24, 2.45) is 4.99 Å². The highest BCUT2D eigenvalue weighted by molar-refractivity contribution is 8.16. The molecule has 0 saturated heterocycles. The molecule has 0 radical (unpaired) electrons. The average Bonchev–Trinajstić information content (AvgIpc) is 2.00. The minimum Gasteiger partial charge on any atom is -0.252 e. The lowest BCUT2D eigenvalue weighted by Gasteiger charge is -1.94. The Labute approximate surface area is 73.3 Å². The maximum absolute atomic E-state index is 4.32. The molecule has 1 nitrogen and oxygen atoms in total. The van der Waals surface area contributed by atoms with Crippen LogP contribution in [0.1, 0.15) is 27.7 Å². The van der Waals surface area contributed by atoms with Crippen molar-refractivity contribution in [2.75, 3.05) is 0 Å². The Kier molecular flexibility index (Phi) is 5.94. The normalized spacial score (nSPS) is 14.5. The second-order valence-electron chi connectivity index (χ2n) is 2.15. The Morgan fingerprint density at radius 3 is 2.36 bits per heavy atom. The molecule has 11 heavy (non-hydrogen) atoms. The van der Waals surface area contributed by atoms with Gasteiger partial charge in [-0.3, -0.25) is 4.99 Å². The van der Waals surface area contributed by atoms with E-state index in [4.69, 9.17) is 0 Å². The first-order chi connectivity index (χ1) is 5.20. The summed E-state index contributed by atoms with van der Waals surface area (Å²) >= 11 is 1.65. The van der Waals surface area contributed by atoms with Crippen molar-refractivity contribution in [3.8, 4) is 0 Å². The SMILES string of the molecule is C/C=C\S/C(C)=N/C(C)=C\C. The molecule has 2 heteroatoms. The monoisotopic (exact) mass is 169 g/mol. The largest absolute Gasteiger partial charge is 0.252 e. The van der Waals surface area contributed by atoms with Gasteiger partial charge in [-0.2, -0.15) is 0 Å². The number of rotatable bonds is 2. The van der Waals surface area contributed by atoms with Crippen molar-refractivity contribution in [2.45, 2.75) is 27.7 Å². The van der Waals surface area contributed by atoms with Crippen LogP contribution in [-0.4, -0.2) is 5.04 Å². The molecule has 0 saturated carbocycles. The standard InChI is InChI=1S/C9H15NS/c1-5-7-11-9(4)10-8(3)6-2/h5-7H,1-4H3/b7-5-,8-6-,10-9+. The molecule has 0 aliphatic rings. The molecule has 0 bridgehead atoms. The van der Waals surface area contributed by atoms with Gasteiger partial charge in [0.25, 0.3) is 0 Å². The van der Waals surface area contributed by atoms with Gasteiger partial charge in [0.1, 0.15) is 0 Å². The first kappa shape index (κ1) is 10.5. The molecule has 0 aromatic rings. The summed E-state index contributed by atoms with van der Waals surface area (Å²) in [6, 6.07) is 0. The highest BCUT2D eigenvalue weighted by Crippen LogP contribution is 2.07. The number of hydrogen-bond acceptors (Lipinski definition) is 2. The van der Waals surface area contributed by atoms with Crippen molar-refractivity contribution in [1.29, 1.82) is 0 Å². The van der Waals surface area contributed by atoms with Gasteiger partial charge in [-0.05, 0) is 33.1 Å². The minimum absolute atomic E-state index is 1.07. The van der Waals surface area contributed by atoms with E-state index in [1.165, 1.54) is 0 Å². The summed E-state index contributed by atoms with van der Waals surface area (Å²) in [6.07, 6.45) is 4.01. The molecule has 0 fully saturated rings. The van der Waals surface area contributed by atoms with Crippen LogP contribution in [0.25, 0.3) is 0 Å². The number of hydrogen-bond donors (Lipinski definition) is 0. The summed E-state index contributed by atoms with van der Waals surface area (Å²) in [7, 11) is 0. The predicted molar refractivity (Wildman–Crippen MR) is 54.9 cm³/mol. The lowest BCUT2D eigenvalue weighted by molar-refractivity contribution is 1.29. The number of aliphatic imine (C=N–C) groups is 1. The average molecular weight is 169 g/mol. The fourth-order valence-corrected chi connectivity index (χ4v) is 1.04. The highest BCUT2D eigenvalue weighted by Gasteiger charge is 1.87. The molecule has 0 spiro atoms. The third kappa shape index (κ3) is 5.92. The topological polar surface area (TPSA) is 12.4 Å². The van der Waals surface area contributed by atoms with E-state index < -0.39 is 0 Å². The van der Waals surface area contributed by atoms with E-state index in [9.17, 15) is 0 Å². The van der Waals surface area contributed by atoms with Gasteiger partial charge in [0.2, 0.25) is 0 Å². The summed E-state index contributed by atoms with van der Waals surface area (Å²) in [5, 5.41) is 3.11. The van der Waals surface area contributed by atoms with Crippen LogP contribution >= 0.6 is 11.8 Å². The zero-order valence-electron chi connectivity index (χ0n) is 7.59. The summed E-state index contributed by atoms with van der Waals surface area (Å²) in [6.45, 7) is 8.01. The van der Waals surface area contributed by atoms with Crippen LogP contribution in [0.15, 0.2) is 28.2 Å². The summed E-state index contributed by atoms with van der Waals surface area (Å²) in [5.41, 5.74) is 1.07. The first-order valence-electron chi connectivity index (χ1n) is 3.66. The summed E-state index contributed by atoms with van der Waals surface area (Å²) in [5.74, 6) is 0. The number of thioether (sulfide) groups is 1.